The van der Waals surface area contributed by atoms with E-state index in [-0.39, 0.29) is 5.82 Å². The molecule has 0 aliphatic carbocycles. The van der Waals surface area contributed by atoms with Gasteiger partial charge in [-0.3, -0.25) is 9.38 Å². The third-order valence-electron chi connectivity index (χ3n) is 3.90. The molecule has 0 saturated carbocycles. The lowest BCUT2D eigenvalue weighted by Crippen LogP contribution is -1.97. The Kier molecular flexibility index (Phi) is 4.11. The molecule has 0 bridgehead atoms. The second-order valence-electron chi connectivity index (χ2n) is 5.47. The highest BCUT2D eigenvalue weighted by Crippen LogP contribution is 2.31. The zero-order valence-electron chi connectivity index (χ0n) is 13.5. The van der Waals surface area contributed by atoms with Crippen LogP contribution in [0.1, 0.15) is 0 Å². The summed E-state index contributed by atoms with van der Waals surface area (Å²) in [4.78, 5) is 10.0. The molecule has 6 heteroatoms. The Bertz CT molecular complexity index is 1010. The number of aromatic nitrogens is 3. The van der Waals surface area contributed by atoms with Gasteiger partial charge in [-0.1, -0.05) is 12.1 Å². The van der Waals surface area contributed by atoms with Crippen LogP contribution >= 0.6 is 11.8 Å². The van der Waals surface area contributed by atoms with Gasteiger partial charge in [0.2, 0.25) is 0 Å². The van der Waals surface area contributed by atoms with Crippen molar-refractivity contribution in [3.63, 3.8) is 0 Å². The lowest BCUT2D eigenvalue weighted by molar-refractivity contribution is 0.628. The van der Waals surface area contributed by atoms with Crippen LogP contribution in [0.2, 0.25) is 0 Å². The van der Waals surface area contributed by atoms with E-state index in [0.717, 1.165) is 28.4 Å². The standard InChI is InChI=1S/C19H15FN4S/c1-25-16-8-2-13(3-9-16)18-19(22-15-6-4-14(20)5-7-15)24-11-10-21-12-17(24)23-18/h2-12,22H,1H3. The molecular formula is C19H15FN4S. The van der Waals surface area contributed by atoms with Gasteiger partial charge in [0, 0.05) is 28.5 Å². The Morgan fingerprint density at radius 2 is 1.80 bits per heavy atom. The van der Waals surface area contributed by atoms with Gasteiger partial charge in [-0.2, -0.15) is 0 Å². The van der Waals surface area contributed by atoms with E-state index < -0.39 is 0 Å². The second-order valence-corrected chi connectivity index (χ2v) is 6.35. The molecule has 0 fully saturated rings. The van der Waals surface area contributed by atoms with Gasteiger partial charge in [0.05, 0.1) is 6.20 Å². The second kappa shape index (κ2) is 6.57. The first kappa shape index (κ1) is 15.7. The molecule has 4 nitrogen and oxygen atoms in total. The first-order chi connectivity index (χ1) is 12.2. The number of nitrogens with zero attached hydrogens (tertiary/aromatic N) is 3. The van der Waals surface area contributed by atoms with Crippen molar-refractivity contribution in [3.05, 3.63) is 72.9 Å². The molecule has 0 aliphatic heterocycles. The van der Waals surface area contributed by atoms with Crippen molar-refractivity contribution in [3.8, 4) is 11.3 Å². The molecule has 0 spiro atoms. The molecule has 0 unspecified atom stereocenters. The highest BCUT2D eigenvalue weighted by molar-refractivity contribution is 7.98. The van der Waals surface area contributed by atoms with Gasteiger partial charge < -0.3 is 5.32 Å². The highest BCUT2D eigenvalue weighted by Gasteiger charge is 2.14. The zero-order valence-corrected chi connectivity index (χ0v) is 14.3. The smallest absolute Gasteiger partial charge is 0.157 e. The van der Waals surface area contributed by atoms with Crippen LogP contribution in [0.3, 0.4) is 0 Å². The summed E-state index contributed by atoms with van der Waals surface area (Å²) in [6, 6.07) is 14.5. The third kappa shape index (κ3) is 3.08. The minimum atomic E-state index is -0.263. The molecule has 0 atom stereocenters. The Labute approximate surface area is 148 Å². The van der Waals surface area contributed by atoms with Crippen LogP contribution < -0.4 is 5.32 Å². The van der Waals surface area contributed by atoms with Gasteiger partial charge in [-0.15, -0.1) is 11.8 Å². The SMILES string of the molecule is CSc1ccc(-c2nc3cnccn3c2Nc2ccc(F)cc2)cc1. The Morgan fingerprint density at radius 3 is 2.52 bits per heavy atom. The topological polar surface area (TPSA) is 42.2 Å². The minimum absolute atomic E-state index is 0.263. The van der Waals surface area contributed by atoms with Crippen LogP contribution in [0.25, 0.3) is 16.9 Å². The number of halogens is 1. The molecule has 2 heterocycles. The number of hydrogen-bond donors (Lipinski definition) is 1. The largest absolute Gasteiger partial charge is 0.339 e. The predicted octanol–water partition coefficient (Wildman–Crippen LogP) is 5.00. The zero-order chi connectivity index (χ0) is 17.2. The molecule has 2 aromatic heterocycles. The number of hydrogen-bond acceptors (Lipinski definition) is 4. The Hall–Kier alpha value is -2.86. The molecule has 0 amide bonds. The van der Waals surface area contributed by atoms with Gasteiger partial charge in [0.1, 0.15) is 17.3 Å². The quantitative estimate of drug-likeness (QED) is 0.526. The molecule has 0 radical (unpaired) electrons. The van der Waals surface area contributed by atoms with Crippen molar-refractivity contribution in [1.82, 2.24) is 14.4 Å². The number of rotatable bonds is 4. The van der Waals surface area contributed by atoms with Crippen LogP contribution in [0.5, 0.6) is 0 Å². The fourth-order valence-corrected chi connectivity index (χ4v) is 3.05. The summed E-state index contributed by atoms with van der Waals surface area (Å²) in [7, 11) is 0. The van der Waals surface area contributed by atoms with Crippen molar-refractivity contribution < 1.29 is 4.39 Å². The number of benzene rings is 2. The summed E-state index contributed by atoms with van der Waals surface area (Å²) >= 11 is 1.70. The average Bonchev–Trinajstić information content (AvgIpc) is 3.02. The lowest BCUT2D eigenvalue weighted by Gasteiger charge is -2.09. The van der Waals surface area contributed by atoms with Crippen molar-refractivity contribution in [2.24, 2.45) is 0 Å². The average molecular weight is 350 g/mol. The molecule has 4 aromatic rings. The molecule has 25 heavy (non-hydrogen) atoms. The summed E-state index contributed by atoms with van der Waals surface area (Å²) in [6.07, 6.45) is 7.34. The van der Waals surface area contributed by atoms with Crippen LogP contribution in [0, 0.1) is 5.82 Å². The summed E-state index contributed by atoms with van der Waals surface area (Å²) < 4.78 is 15.1. The minimum Gasteiger partial charge on any atom is -0.339 e. The summed E-state index contributed by atoms with van der Waals surface area (Å²) in [5, 5.41) is 3.35. The fourth-order valence-electron chi connectivity index (χ4n) is 2.65. The van der Waals surface area contributed by atoms with Gasteiger partial charge in [0.15, 0.2) is 5.65 Å². The lowest BCUT2D eigenvalue weighted by atomic mass is 10.1. The van der Waals surface area contributed by atoms with E-state index in [1.807, 2.05) is 16.9 Å². The monoisotopic (exact) mass is 350 g/mol. The van der Waals surface area contributed by atoms with Gasteiger partial charge in [-0.05, 0) is 42.7 Å². The van der Waals surface area contributed by atoms with Crippen LogP contribution in [0.15, 0.2) is 72.0 Å². The van der Waals surface area contributed by atoms with Crippen molar-refractivity contribution >= 4 is 28.9 Å². The Morgan fingerprint density at radius 1 is 1.04 bits per heavy atom. The molecular weight excluding hydrogens is 335 g/mol. The van der Waals surface area contributed by atoms with Crippen molar-refractivity contribution in [2.75, 3.05) is 11.6 Å². The fraction of sp³-hybridized carbons (Fsp3) is 0.0526. The van der Waals surface area contributed by atoms with Crippen LogP contribution in [0.4, 0.5) is 15.9 Å². The number of fused-ring (bicyclic) bond motifs is 1. The van der Waals surface area contributed by atoms with E-state index in [0.29, 0.717) is 0 Å². The molecule has 2 aromatic carbocycles. The predicted molar refractivity (Wildman–Crippen MR) is 99.9 cm³/mol. The summed E-state index contributed by atoms with van der Waals surface area (Å²) in [5.41, 5.74) is 3.37. The molecule has 4 rings (SSSR count). The number of nitrogens with one attached hydrogen (secondary N) is 1. The van der Waals surface area contributed by atoms with Crippen LogP contribution in [-0.4, -0.2) is 20.6 Å². The maximum Gasteiger partial charge on any atom is 0.157 e. The van der Waals surface area contributed by atoms with E-state index in [4.69, 9.17) is 4.98 Å². The maximum absolute atomic E-state index is 13.2. The summed E-state index contributed by atoms with van der Waals surface area (Å²) in [6.45, 7) is 0. The number of anilines is 2. The maximum atomic E-state index is 13.2. The van der Waals surface area contributed by atoms with Gasteiger partial charge in [-0.25, -0.2) is 9.37 Å². The molecule has 1 N–H and O–H groups in total. The molecule has 124 valence electrons. The molecule has 0 aliphatic rings. The van der Waals surface area contributed by atoms with Crippen molar-refractivity contribution in [2.45, 2.75) is 4.90 Å². The Balaban J connectivity index is 1.83. The van der Waals surface area contributed by atoms with Crippen LogP contribution in [-0.2, 0) is 0 Å². The normalized spacial score (nSPS) is 11.0. The van der Waals surface area contributed by atoms with Gasteiger partial charge >= 0.3 is 0 Å². The van der Waals surface area contributed by atoms with E-state index in [1.54, 1.807) is 36.3 Å². The van der Waals surface area contributed by atoms with Crippen molar-refractivity contribution in [1.29, 1.82) is 0 Å². The third-order valence-corrected chi connectivity index (χ3v) is 4.64. The highest BCUT2D eigenvalue weighted by atomic mass is 32.2. The number of thioether (sulfide) groups is 1. The number of imidazole rings is 1. The van der Waals surface area contributed by atoms with E-state index in [2.05, 4.69) is 34.6 Å². The summed E-state index contributed by atoms with van der Waals surface area (Å²) in [5.74, 6) is 0.557. The molecule has 0 saturated heterocycles. The first-order valence-corrected chi connectivity index (χ1v) is 8.96. The van der Waals surface area contributed by atoms with E-state index in [9.17, 15) is 4.39 Å². The first-order valence-electron chi connectivity index (χ1n) is 7.74. The van der Waals surface area contributed by atoms with E-state index >= 15 is 0 Å². The van der Waals surface area contributed by atoms with E-state index in [1.165, 1.54) is 17.0 Å². The van der Waals surface area contributed by atoms with Gasteiger partial charge in [0.25, 0.3) is 0 Å².